The summed E-state index contributed by atoms with van der Waals surface area (Å²) in [5.74, 6) is 3.86. The van der Waals surface area contributed by atoms with Crippen LogP contribution in [0.5, 0.6) is 0 Å². The molecule has 0 unspecified atom stereocenters. The average Bonchev–Trinajstić information content (AvgIpc) is 3.19. The largest absolute Gasteiger partial charge is 0.390 e. The van der Waals surface area contributed by atoms with Gasteiger partial charge in [0.15, 0.2) is 5.79 Å². The number of aliphatic hydroxyl groups excluding tert-OH is 2. The van der Waals surface area contributed by atoms with Gasteiger partial charge in [-0.3, -0.25) is 0 Å². The van der Waals surface area contributed by atoms with Gasteiger partial charge in [-0.25, -0.2) is 0 Å². The Kier molecular flexibility index (Phi) is 4.78. The third-order valence-corrected chi connectivity index (χ3v) is 12.0. The maximum Gasteiger partial charge on any atom is 0.171 e. The van der Waals surface area contributed by atoms with Gasteiger partial charge >= 0.3 is 0 Å². The highest BCUT2D eigenvalue weighted by Gasteiger charge is 2.69. The van der Waals surface area contributed by atoms with E-state index in [2.05, 4.69) is 27.7 Å². The van der Waals surface area contributed by atoms with E-state index in [1.54, 1.807) is 0 Å². The van der Waals surface area contributed by atoms with Crippen LogP contribution in [0.25, 0.3) is 0 Å². The maximum atomic E-state index is 11.2. The summed E-state index contributed by atoms with van der Waals surface area (Å²) in [6.07, 6.45) is 9.53. The van der Waals surface area contributed by atoms with Crippen LogP contribution in [-0.4, -0.2) is 40.9 Å². The van der Waals surface area contributed by atoms with Crippen molar-refractivity contribution in [2.24, 2.45) is 52.3 Å². The van der Waals surface area contributed by atoms with Crippen LogP contribution in [0.3, 0.4) is 0 Å². The van der Waals surface area contributed by atoms with Gasteiger partial charge in [-0.1, -0.05) is 27.7 Å². The van der Waals surface area contributed by atoms with E-state index in [-0.39, 0.29) is 11.2 Å². The number of hydrogen-bond acceptors (Lipinski definition) is 4. The fourth-order valence-corrected chi connectivity index (χ4v) is 10.3. The summed E-state index contributed by atoms with van der Waals surface area (Å²) in [4.78, 5) is 0. The van der Waals surface area contributed by atoms with Gasteiger partial charge in [-0.2, -0.15) is 0 Å². The second-order valence-electron chi connectivity index (χ2n) is 13.1. The van der Waals surface area contributed by atoms with E-state index in [1.165, 1.54) is 38.5 Å². The molecule has 176 valence electrons. The second kappa shape index (κ2) is 6.93. The van der Waals surface area contributed by atoms with E-state index in [0.29, 0.717) is 52.9 Å². The minimum absolute atomic E-state index is 0.115. The van der Waals surface area contributed by atoms with Gasteiger partial charge in [0.2, 0.25) is 0 Å². The molecule has 2 heterocycles. The molecule has 0 aromatic heterocycles. The van der Waals surface area contributed by atoms with Crippen molar-refractivity contribution in [3.63, 3.8) is 0 Å². The Morgan fingerprint density at radius 1 is 0.871 bits per heavy atom. The zero-order chi connectivity index (χ0) is 21.8. The van der Waals surface area contributed by atoms with Crippen molar-refractivity contribution in [1.82, 2.24) is 0 Å². The Bertz CT molecular complexity index is 712. The highest BCUT2D eigenvalue weighted by atomic mass is 16.7. The molecule has 0 bridgehead atoms. The molecule has 0 radical (unpaired) electrons. The fraction of sp³-hybridized carbons (Fsp3) is 1.00. The van der Waals surface area contributed by atoms with Crippen LogP contribution < -0.4 is 0 Å². The summed E-state index contributed by atoms with van der Waals surface area (Å²) in [6.45, 7) is 10.4. The van der Waals surface area contributed by atoms with Crippen molar-refractivity contribution in [2.75, 3.05) is 6.61 Å². The van der Waals surface area contributed by atoms with Crippen LogP contribution in [0.4, 0.5) is 0 Å². The van der Waals surface area contributed by atoms with Gasteiger partial charge < -0.3 is 19.7 Å². The van der Waals surface area contributed by atoms with Crippen LogP contribution in [0.1, 0.15) is 85.5 Å². The lowest BCUT2D eigenvalue weighted by atomic mass is 9.43. The molecule has 2 aliphatic heterocycles. The molecule has 6 fully saturated rings. The Morgan fingerprint density at radius 3 is 2.39 bits per heavy atom. The molecule has 4 heteroatoms. The van der Waals surface area contributed by atoms with Crippen LogP contribution in [0.15, 0.2) is 0 Å². The van der Waals surface area contributed by atoms with Crippen LogP contribution in [-0.2, 0) is 9.47 Å². The average molecular weight is 433 g/mol. The summed E-state index contributed by atoms with van der Waals surface area (Å²) in [6, 6.07) is 0. The molecule has 6 aliphatic rings. The van der Waals surface area contributed by atoms with Gasteiger partial charge in [0.05, 0.1) is 24.9 Å². The number of hydrogen-bond donors (Lipinski definition) is 2. The van der Waals surface area contributed by atoms with Crippen molar-refractivity contribution in [3.8, 4) is 0 Å². The fourth-order valence-electron chi connectivity index (χ4n) is 10.3. The Hall–Kier alpha value is -0.160. The highest BCUT2D eigenvalue weighted by Crippen LogP contribution is 2.71. The Balaban J connectivity index is 1.28. The first-order chi connectivity index (χ1) is 14.7. The number of aliphatic hydroxyl groups is 2. The zero-order valence-electron chi connectivity index (χ0n) is 20.1. The molecule has 4 nitrogen and oxygen atoms in total. The molecule has 4 aliphatic carbocycles. The van der Waals surface area contributed by atoms with Crippen molar-refractivity contribution < 1.29 is 19.7 Å². The molecule has 6 rings (SSSR count). The molecule has 2 N–H and O–H groups in total. The third-order valence-electron chi connectivity index (χ3n) is 12.0. The second-order valence-corrected chi connectivity index (χ2v) is 13.1. The predicted octanol–water partition coefficient (Wildman–Crippen LogP) is 4.76. The van der Waals surface area contributed by atoms with Gasteiger partial charge in [0, 0.05) is 17.8 Å². The number of ether oxygens (including phenoxy) is 2. The van der Waals surface area contributed by atoms with Gasteiger partial charge in [-0.15, -0.1) is 0 Å². The molecule has 0 aromatic carbocycles. The van der Waals surface area contributed by atoms with Gasteiger partial charge in [0.1, 0.15) is 0 Å². The SMILES string of the molecule is C[C@@H]1CC[C@@]2(OC1)O[C@H]1C[C@H]3[C@@H]4CC[C@@H]5CC[C@H](O)[C@@H](O)[C@]5(C)[C@H]4CC[C@]3(C)[C@H]1[C@@H]2C. The van der Waals surface area contributed by atoms with E-state index in [1.807, 2.05) is 0 Å². The summed E-state index contributed by atoms with van der Waals surface area (Å²) in [5.41, 5.74) is 0.207. The first-order valence-corrected chi connectivity index (χ1v) is 13.4. The molecule has 1 spiro atoms. The lowest BCUT2D eigenvalue weighted by Gasteiger charge is -2.62. The Labute approximate surface area is 188 Å². The maximum absolute atomic E-state index is 11.2. The molecule has 13 atom stereocenters. The van der Waals surface area contributed by atoms with Crippen molar-refractivity contribution in [1.29, 1.82) is 0 Å². The molecular weight excluding hydrogens is 388 g/mol. The first kappa shape index (κ1) is 21.4. The standard InChI is InChI=1S/C27H44O4/c1-15-9-12-27(30-14-15)16(2)23-22(31-27)13-20-18-7-5-17-6-8-21(28)24(29)26(17,4)19(18)10-11-25(20,23)3/h15-24,28-29H,5-14H2,1-4H3/t15-,16+,17-,18-,19+,20+,21+,22+,23+,24-,25+,26+,27-/m1/s1. The number of rotatable bonds is 0. The summed E-state index contributed by atoms with van der Waals surface area (Å²) < 4.78 is 13.3. The Morgan fingerprint density at radius 2 is 1.65 bits per heavy atom. The van der Waals surface area contributed by atoms with Crippen molar-refractivity contribution >= 4 is 0 Å². The van der Waals surface area contributed by atoms with E-state index >= 15 is 0 Å². The lowest BCUT2D eigenvalue weighted by Crippen LogP contribution is -2.61. The molecule has 0 amide bonds. The lowest BCUT2D eigenvalue weighted by molar-refractivity contribution is -0.273. The molecular formula is C27H44O4. The molecule has 4 saturated carbocycles. The summed E-state index contributed by atoms with van der Waals surface area (Å²) >= 11 is 0. The van der Waals surface area contributed by atoms with E-state index in [9.17, 15) is 10.2 Å². The smallest absolute Gasteiger partial charge is 0.171 e. The molecule has 0 aromatic rings. The summed E-state index contributed by atoms with van der Waals surface area (Å²) in [5, 5.41) is 21.7. The molecule has 2 saturated heterocycles. The quantitative estimate of drug-likeness (QED) is 0.579. The van der Waals surface area contributed by atoms with Crippen molar-refractivity contribution in [2.45, 2.75) is 110 Å². The van der Waals surface area contributed by atoms with Crippen molar-refractivity contribution in [3.05, 3.63) is 0 Å². The molecule has 31 heavy (non-hydrogen) atoms. The minimum Gasteiger partial charge on any atom is -0.390 e. The highest BCUT2D eigenvalue weighted by molar-refractivity contribution is 5.16. The van der Waals surface area contributed by atoms with Crippen LogP contribution in [0.2, 0.25) is 0 Å². The van der Waals surface area contributed by atoms with E-state index in [0.717, 1.165) is 25.9 Å². The monoisotopic (exact) mass is 432 g/mol. The normalized spacial score (nSPS) is 63.3. The predicted molar refractivity (Wildman–Crippen MR) is 119 cm³/mol. The van der Waals surface area contributed by atoms with Gasteiger partial charge in [0.25, 0.3) is 0 Å². The number of fused-ring (bicyclic) bond motifs is 7. The van der Waals surface area contributed by atoms with E-state index in [4.69, 9.17) is 9.47 Å². The van der Waals surface area contributed by atoms with Crippen LogP contribution in [0, 0.1) is 52.3 Å². The van der Waals surface area contributed by atoms with Gasteiger partial charge in [-0.05, 0) is 92.3 Å². The third kappa shape index (κ3) is 2.68. The topological polar surface area (TPSA) is 58.9 Å². The van der Waals surface area contributed by atoms with Crippen LogP contribution >= 0.6 is 0 Å². The minimum atomic E-state index is -0.555. The zero-order valence-corrected chi connectivity index (χ0v) is 20.1. The first-order valence-electron chi connectivity index (χ1n) is 13.4. The summed E-state index contributed by atoms with van der Waals surface area (Å²) in [7, 11) is 0. The van der Waals surface area contributed by atoms with E-state index < -0.39 is 12.2 Å².